The minimum Gasteiger partial charge on any atom is -0.490 e. The molecule has 0 spiro atoms. The summed E-state index contributed by atoms with van der Waals surface area (Å²) in [6.45, 7) is 4.67. The first-order valence-corrected chi connectivity index (χ1v) is 13.2. The lowest BCUT2D eigenvalue weighted by Crippen LogP contribution is -2.18. The van der Waals surface area contributed by atoms with Crippen molar-refractivity contribution in [3.05, 3.63) is 29.3 Å². The van der Waals surface area contributed by atoms with Crippen molar-refractivity contribution in [3.63, 3.8) is 0 Å². The fourth-order valence-electron chi connectivity index (χ4n) is 5.91. The molecular formula is C28H44F2O. The highest BCUT2D eigenvalue weighted by Crippen LogP contribution is 2.41. The molecule has 3 rings (SSSR count). The van der Waals surface area contributed by atoms with Crippen molar-refractivity contribution in [1.29, 1.82) is 0 Å². The molecule has 176 valence electrons. The van der Waals surface area contributed by atoms with Crippen LogP contribution in [0.1, 0.15) is 122 Å². The summed E-state index contributed by atoms with van der Waals surface area (Å²) < 4.78 is 34.3. The van der Waals surface area contributed by atoms with Gasteiger partial charge in [0.25, 0.3) is 0 Å². The zero-order chi connectivity index (χ0) is 22.1. The van der Waals surface area contributed by atoms with E-state index >= 15 is 0 Å². The lowest BCUT2D eigenvalue weighted by atomic mass is 9.74. The molecule has 0 heterocycles. The summed E-state index contributed by atoms with van der Waals surface area (Å²) in [6, 6.07) is 3.38. The highest BCUT2D eigenvalue weighted by atomic mass is 19.2. The molecule has 31 heavy (non-hydrogen) atoms. The van der Waals surface area contributed by atoms with Gasteiger partial charge in [0.2, 0.25) is 5.82 Å². The van der Waals surface area contributed by atoms with E-state index in [1.54, 1.807) is 12.1 Å². The number of hydrogen-bond acceptors (Lipinski definition) is 1. The molecule has 0 atom stereocenters. The lowest BCUT2D eigenvalue weighted by molar-refractivity contribution is 0.221. The number of benzene rings is 1. The largest absolute Gasteiger partial charge is 0.490 e. The second-order valence-corrected chi connectivity index (χ2v) is 10.3. The topological polar surface area (TPSA) is 9.23 Å². The number of unbranched alkanes of at least 4 members (excludes halogenated alkanes) is 2. The van der Waals surface area contributed by atoms with Crippen molar-refractivity contribution < 1.29 is 13.5 Å². The summed E-state index contributed by atoms with van der Waals surface area (Å²) in [5.74, 6) is 1.42. The molecule has 0 amide bonds. The van der Waals surface area contributed by atoms with Crippen molar-refractivity contribution in [1.82, 2.24) is 0 Å². The van der Waals surface area contributed by atoms with Gasteiger partial charge in [0.05, 0.1) is 6.61 Å². The summed E-state index contributed by atoms with van der Waals surface area (Å²) in [5.41, 5.74) is 0.557. The van der Waals surface area contributed by atoms with Crippen LogP contribution in [0.4, 0.5) is 8.78 Å². The third-order valence-corrected chi connectivity index (χ3v) is 7.99. The monoisotopic (exact) mass is 434 g/mol. The Morgan fingerprint density at radius 2 is 1.29 bits per heavy atom. The van der Waals surface area contributed by atoms with Crippen molar-refractivity contribution >= 4 is 0 Å². The first-order valence-electron chi connectivity index (χ1n) is 13.2. The zero-order valence-electron chi connectivity index (χ0n) is 19.9. The highest BCUT2D eigenvalue weighted by Gasteiger charge is 2.28. The summed E-state index contributed by atoms with van der Waals surface area (Å²) in [6.07, 6.45) is 19.2. The Labute approximate surface area is 189 Å². The van der Waals surface area contributed by atoms with Crippen molar-refractivity contribution in [2.45, 2.75) is 116 Å². The van der Waals surface area contributed by atoms with Gasteiger partial charge in [0.1, 0.15) is 0 Å². The minimum atomic E-state index is -0.807. The maximum Gasteiger partial charge on any atom is 0.200 e. The maximum atomic E-state index is 14.6. The minimum absolute atomic E-state index is 0.0527. The Kier molecular flexibility index (Phi) is 10.1. The van der Waals surface area contributed by atoms with E-state index in [1.807, 2.05) is 6.92 Å². The van der Waals surface area contributed by atoms with E-state index in [4.69, 9.17) is 4.74 Å². The van der Waals surface area contributed by atoms with Gasteiger partial charge < -0.3 is 4.74 Å². The molecule has 0 radical (unpaired) electrons. The molecule has 3 heteroatoms. The van der Waals surface area contributed by atoms with E-state index in [9.17, 15) is 8.78 Å². The SMILES string of the molecule is CCCCCC1CCC(CCC2CCC(c3ccc(OCCC)c(F)c3F)CC2)CC1. The molecule has 1 aromatic carbocycles. The van der Waals surface area contributed by atoms with Crippen LogP contribution in [0, 0.1) is 29.4 Å². The van der Waals surface area contributed by atoms with Gasteiger partial charge in [-0.05, 0) is 67.4 Å². The molecule has 0 bridgehead atoms. The second-order valence-electron chi connectivity index (χ2n) is 10.3. The van der Waals surface area contributed by atoms with Gasteiger partial charge >= 0.3 is 0 Å². The molecular weight excluding hydrogens is 390 g/mol. The Balaban J connectivity index is 1.38. The average Bonchev–Trinajstić information content (AvgIpc) is 2.80. The standard InChI is InChI=1S/C28H44F2O/c1-3-5-6-7-21-8-10-22(11-9-21)12-13-23-14-16-24(17-15-23)25-18-19-26(31-20-4-2)28(30)27(25)29/h18-19,21-24H,3-17,20H2,1-2H3. The first-order chi connectivity index (χ1) is 15.1. The van der Waals surface area contributed by atoms with E-state index in [0.717, 1.165) is 49.9 Å². The van der Waals surface area contributed by atoms with E-state index in [0.29, 0.717) is 12.2 Å². The molecule has 0 aliphatic heterocycles. The highest BCUT2D eigenvalue weighted by molar-refractivity contribution is 5.33. The van der Waals surface area contributed by atoms with Crippen LogP contribution in [0.3, 0.4) is 0 Å². The van der Waals surface area contributed by atoms with Crippen LogP contribution >= 0.6 is 0 Å². The molecule has 2 saturated carbocycles. The molecule has 0 unspecified atom stereocenters. The number of hydrogen-bond donors (Lipinski definition) is 0. The quantitative estimate of drug-likeness (QED) is 0.315. The van der Waals surface area contributed by atoms with E-state index in [1.165, 1.54) is 64.2 Å². The molecule has 2 aliphatic rings. The Morgan fingerprint density at radius 3 is 1.87 bits per heavy atom. The fourth-order valence-corrected chi connectivity index (χ4v) is 5.91. The summed E-state index contributed by atoms with van der Waals surface area (Å²) in [5, 5.41) is 0. The molecule has 2 fully saturated rings. The number of halogens is 2. The molecule has 0 aromatic heterocycles. The normalized spacial score (nSPS) is 26.7. The van der Waals surface area contributed by atoms with Crippen LogP contribution in [0.2, 0.25) is 0 Å². The molecule has 1 nitrogen and oxygen atoms in total. The predicted molar refractivity (Wildman–Crippen MR) is 126 cm³/mol. The van der Waals surface area contributed by atoms with E-state index in [-0.39, 0.29) is 11.7 Å². The molecule has 0 saturated heterocycles. The van der Waals surface area contributed by atoms with Gasteiger partial charge in [-0.1, -0.05) is 84.1 Å². The van der Waals surface area contributed by atoms with Crippen molar-refractivity contribution in [3.8, 4) is 5.75 Å². The Bertz CT molecular complexity index is 643. The van der Waals surface area contributed by atoms with E-state index < -0.39 is 11.6 Å². The second kappa shape index (κ2) is 12.8. The van der Waals surface area contributed by atoms with Crippen LogP contribution < -0.4 is 4.74 Å². The van der Waals surface area contributed by atoms with Gasteiger partial charge in [0.15, 0.2) is 11.6 Å². The number of rotatable bonds is 11. The third kappa shape index (κ3) is 7.19. The van der Waals surface area contributed by atoms with Crippen LogP contribution in [0.15, 0.2) is 12.1 Å². The van der Waals surface area contributed by atoms with Crippen LogP contribution in [-0.4, -0.2) is 6.61 Å². The van der Waals surface area contributed by atoms with Crippen LogP contribution in [0.5, 0.6) is 5.75 Å². The first kappa shape index (κ1) is 24.5. The van der Waals surface area contributed by atoms with Gasteiger partial charge in [-0.3, -0.25) is 0 Å². The van der Waals surface area contributed by atoms with Gasteiger partial charge in [-0.25, -0.2) is 4.39 Å². The summed E-state index contributed by atoms with van der Waals surface area (Å²) in [4.78, 5) is 0. The van der Waals surface area contributed by atoms with Crippen molar-refractivity contribution in [2.75, 3.05) is 6.61 Å². The Hall–Kier alpha value is -1.12. The van der Waals surface area contributed by atoms with E-state index in [2.05, 4.69) is 6.92 Å². The van der Waals surface area contributed by atoms with Gasteiger partial charge in [-0.15, -0.1) is 0 Å². The molecule has 1 aromatic rings. The van der Waals surface area contributed by atoms with Crippen molar-refractivity contribution in [2.24, 2.45) is 17.8 Å². The van der Waals surface area contributed by atoms with Gasteiger partial charge in [-0.2, -0.15) is 4.39 Å². The average molecular weight is 435 g/mol. The lowest BCUT2D eigenvalue weighted by Gasteiger charge is -2.32. The fraction of sp³-hybridized carbons (Fsp3) is 0.786. The Morgan fingerprint density at radius 1 is 0.710 bits per heavy atom. The smallest absolute Gasteiger partial charge is 0.200 e. The van der Waals surface area contributed by atoms with Gasteiger partial charge in [0, 0.05) is 0 Å². The maximum absolute atomic E-state index is 14.6. The third-order valence-electron chi connectivity index (χ3n) is 7.99. The zero-order valence-corrected chi connectivity index (χ0v) is 19.9. The van der Waals surface area contributed by atoms with Crippen LogP contribution in [-0.2, 0) is 0 Å². The summed E-state index contributed by atoms with van der Waals surface area (Å²) in [7, 11) is 0. The molecule has 0 N–H and O–H groups in total. The van der Waals surface area contributed by atoms with Crippen LogP contribution in [0.25, 0.3) is 0 Å². The molecule has 2 aliphatic carbocycles. The predicted octanol–water partition coefficient (Wildman–Crippen LogP) is 9.19. The number of ether oxygens (including phenoxy) is 1. The summed E-state index contributed by atoms with van der Waals surface area (Å²) >= 11 is 0.